The minimum atomic E-state index is -0.683. The molecule has 0 fully saturated rings. The highest BCUT2D eigenvalue weighted by molar-refractivity contribution is 6.16. The molecule has 2 aromatic carbocycles. The van der Waals surface area contributed by atoms with Crippen LogP contribution in [-0.4, -0.2) is 20.7 Å². The zero-order valence-corrected chi connectivity index (χ0v) is 19.5. The van der Waals surface area contributed by atoms with Crippen LogP contribution < -0.4 is 16.5 Å². The Kier molecular flexibility index (Phi) is 6.14. The Morgan fingerprint density at radius 1 is 1.05 bits per heavy atom. The summed E-state index contributed by atoms with van der Waals surface area (Å²) in [4.78, 5) is 25.4. The lowest BCUT2D eigenvalue weighted by molar-refractivity contribution is 0.515. The molecule has 0 aliphatic heterocycles. The molecule has 1 unspecified atom stereocenters. The van der Waals surface area contributed by atoms with Crippen LogP contribution in [0.5, 0.6) is 0 Å². The predicted octanol–water partition coefficient (Wildman–Crippen LogP) is 5.09. The summed E-state index contributed by atoms with van der Waals surface area (Å²) in [7, 11) is 0. The molecular weight excluding hydrogens is 478 g/mol. The first-order valence-corrected chi connectivity index (χ1v) is 11.2. The van der Waals surface area contributed by atoms with E-state index in [9.17, 15) is 13.6 Å². The number of hydrogen-bond donors (Lipinski definition) is 3. The largest absolute Gasteiger partial charge is 0.458 e. The first-order valence-electron chi connectivity index (χ1n) is 11.2. The van der Waals surface area contributed by atoms with Crippen LogP contribution in [0, 0.1) is 17.2 Å². The van der Waals surface area contributed by atoms with Crippen LogP contribution in [0.15, 0.2) is 82.4 Å². The number of hydrogen-bond acceptors (Lipinski definition) is 8. The molecule has 0 saturated heterocycles. The monoisotopic (exact) mass is 498 g/mol. The molecule has 5 aromatic rings. The Labute approximate surface area is 209 Å². The van der Waals surface area contributed by atoms with Crippen molar-refractivity contribution in [3.8, 4) is 11.1 Å². The molecule has 10 heteroatoms. The maximum Gasteiger partial charge on any atom is 0.212 e. The third-order valence-electron chi connectivity index (χ3n) is 5.83. The van der Waals surface area contributed by atoms with Crippen LogP contribution in [0.4, 0.5) is 20.4 Å². The highest BCUT2D eigenvalue weighted by Crippen LogP contribution is 2.32. The number of halogens is 2. The van der Waals surface area contributed by atoms with E-state index in [-0.39, 0.29) is 39.7 Å². The molecular formula is C27H20F2N6O2. The van der Waals surface area contributed by atoms with Gasteiger partial charge in [-0.2, -0.15) is 4.39 Å². The Bertz CT molecular complexity index is 1700. The van der Waals surface area contributed by atoms with Gasteiger partial charge < -0.3 is 15.5 Å². The number of benzene rings is 2. The predicted molar refractivity (Wildman–Crippen MR) is 136 cm³/mol. The van der Waals surface area contributed by atoms with Crippen molar-refractivity contribution in [2.75, 3.05) is 11.1 Å². The number of pyridine rings is 1. The van der Waals surface area contributed by atoms with Gasteiger partial charge in [-0.25, -0.2) is 19.3 Å². The second-order valence-corrected chi connectivity index (χ2v) is 8.27. The van der Waals surface area contributed by atoms with E-state index in [4.69, 9.17) is 15.6 Å². The van der Waals surface area contributed by atoms with Gasteiger partial charge in [0, 0.05) is 11.8 Å². The summed E-state index contributed by atoms with van der Waals surface area (Å²) in [5.74, 6) is -0.729. The lowest BCUT2D eigenvalue weighted by Gasteiger charge is -2.20. The van der Waals surface area contributed by atoms with Gasteiger partial charge in [0.05, 0.1) is 28.3 Å². The Balaban J connectivity index is 1.63. The fourth-order valence-electron chi connectivity index (χ4n) is 4.08. The van der Waals surface area contributed by atoms with Gasteiger partial charge in [0.15, 0.2) is 0 Å². The summed E-state index contributed by atoms with van der Waals surface area (Å²) in [5, 5.41) is 12.1. The number of para-hydroxylation sites is 1. The summed E-state index contributed by atoms with van der Waals surface area (Å²) in [6.07, 6.45) is 2.44. The first-order chi connectivity index (χ1) is 17.8. The van der Waals surface area contributed by atoms with Crippen molar-refractivity contribution in [3.63, 3.8) is 0 Å². The first kappa shape index (κ1) is 23.7. The van der Waals surface area contributed by atoms with E-state index >= 15 is 0 Å². The molecule has 0 spiro atoms. The molecule has 0 radical (unpaired) electrons. The van der Waals surface area contributed by atoms with Crippen LogP contribution >= 0.6 is 0 Å². The third kappa shape index (κ3) is 4.52. The van der Waals surface area contributed by atoms with Crippen molar-refractivity contribution in [2.24, 2.45) is 0 Å². The number of fused-ring (bicyclic) bond motifs is 1. The van der Waals surface area contributed by atoms with E-state index < -0.39 is 17.8 Å². The fourth-order valence-corrected chi connectivity index (χ4v) is 4.08. The molecule has 0 bridgehead atoms. The number of nitrogen functional groups attached to an aromatic ring is 1. The summed E-state index contributed by atoms with van der Waals surface area (Å²) in [6, 6.07) is 14.3. The Morgan fingerprint density at radius 2 is 1.86 bits per heavy atom. The van der Waals surface area contributed by atoms with Gasteiger partial charge in [0.1, 0.15) is 35.1 Å². The molecule has 37 heavy (non-hydrogen) atoms. The molecule has 5 rings (SSSR count). The van der Waals surface area contributed by atoms with Gasteiger partial charge in [-0.05, 0) is 48.9 Å². The van der Waals surface area contributed by atoms with Crippen LogP contribution in [0.25, 0.3) is 22.1 Å². The van der Waals surface area contributed by atoms with Gasteiger partial charge in [0.25, 0.3) is 0 Å². The smallest absolute Gasteiger partial charge is 0.212 e. The van der Waals surface area contributed by atoms with Gasteiger partial charge in [-0.1, -0.05) is 24.3 Å². The third-order valence-corrected chi connectivity index (χ3v) is 5.83. The van der Waals surface area contributed by atoms with Crippen molar-refractivity contribution in [2.45, 2.75) is 13.0 Å². The van der Waals surface area contributed by atoms with E-state index in [0.29, 0.717) is 22.1 Å². The van der Waals surface area contributed by atoms with Gasteiger partial charge >= 0.3 is 0 Å². The quantitative estimate of drug-likeness (QED) is 0.219. The molecule has 184 valence electrons. The highest BCUT2D eigenvalue weighted by atomic mass is 19.1. The average molecular weight is 498 g/mol. The van der Waals surface area contributed by atoms with Crippen LogP contribution in [0.2, 0.25) is 0 Å². The molecule has 4 N–H and O–H groups in total. The van der Waals surface area contributed by atoms with Crippen molar-refractivity contribution in [1.82, 2.24) is 15.0 Å². The van der Waals surface area contributed by atoms with Crippen LogP contribution in [-0.2, 0) is 0 Å². The maximum absolute atomic E-state index is 14.1. The van der Waals surface area contributed by atoms with Crippen molar-refractivity contribution >= 4 is 28.3 Å². The minimum Gasteiger partial charge on any atom is -0.458 e. The molecule has 0 saturated carbocycles. The van der Waals surface area contributed by atoms with Gasteiger partial charge in [-0.15, -0.1) is 0 Å². The average Bonchev–Trinajstić information content (AvgIpc) is 2.89. The lowest BCUT2D eigenvalue weighted by atomic mass is 9.98. The fraction of sp³-hybridized carbons (Fsp3) is 0.0741. The number of nitrogens with zero attached hydrogens (tertiary/aromatic N) is 3. The molecule has 0 aliphatic rings. The highest BCUT2D eigenvalue weighted by Gasteiger charge is 2.24. The van der Waals surface area contributed by atoms with Crippen molar-refractivity contribution < 1.29 is 13.2 Å². The number of aromatic nitrogens is 3. The summed E-state index contributed by atoms with van der Waals surface area (Å²) >= 11 is 0. The zero-order valence-electron chi connectivity index (χ0n) is 19.5. The minimum absolute atomic E-state index is 0.0179. The van der Waals surface area contributed by atoms with Crippen LogP contribution in [0.3, 0.4) is 0 Å². The molecule has 1 atom stereocenters. The maximum atomic E-state index is 14.1. The van der Waals surface area contributed by atoms with Crippen molar-refractivity contribution in [1.29, 1.82) is 5.41 Å². The van der Waals surface area contributed by atoms with Crippen LogP contribution in [0.1, 0.15) is 29.9 Å². The molecule has 0 aliphatic carbocycles. The van der Waals surface area contributed by atoms with E-state index in [2.05, 4.69) is 20.3 Å². The summed E-state index contributed by atoms with van der Waals surface area (Å²) in [5.41, 5.74) is 7.09. The second-order valence-electron chi connectivity index (χ2n) is 8.27. The van der Waals surface area contributed by atoms with Crippen molar-refractivity contribution in [3.05, 3.63) is 112 Å². The lowest BCUT2D eigenvalue weighted by Crippen LogP contribution is -2.19. The van der Waals surface area contributed by atoms with Gasteiger partial charge in [-0.3, -0.25) is 10.2 Å². The molecule has 0 amide bonds. The van der Waals surface area contributed by atoms with E-state index in [1.807, 2.05) is 0 Å². The Morgan fingerprint density at radius 3 is 2.62 bits per heavy atom. The number of nitrogens with two attached hydrogens (primary N) is 1. The molecule has 3 heterocycles. The summed E-state index contributed by atoms with van der Waals surface area (Å²) in [6.45, 7) is 1.74. The number of rotatable bonds is 6. The number of nitrogens with one attached hydrogen (secondary N) is 2. The number of anilines is 2. The van der Waals surface area contributed by atoms with E-state index in [1.54, 1.807) is 37.3 Å². The van der Waals surface area contributed by atoms with E-state index in [0.717, 1.165) is 6.07 Å². The topological polar surface area (TPSA) is 131 Å². The second kappa shape index (κ2) is 9.57. The zero-order chi connectivity index (χ0) is 26.1. The molecule has 8 nitrogen and oxygen atoms in total. The van der Waals surface area contributed by atoms with Gasteiger partial charge in [0.2, 0.25) is 11.4 Å². The SMILES string of the molecule is CC(Nc1ncnc(N)c1C(=N)c1ccc(F)nc1)c1oc2ccccc2c(=O)c1-c1cccc(F)c1. The normalized spacial score (nSPS) is 11.9. The van der Waals surface area contributed by atoms with E-state index in [1.165, 1.54) is 36.8 Å². The Hall–Kier alpha value is -4.99. The molecule has 3 aromatic heterocycles. The standard InChI is InChI=1S/C27H20F2N6O2/c1-14(35-27-22(26(31)33-13-34-27)23(30)16-9-10-20(29)32-12-16)25-21(15-5-4-6-17(28)11-15)24(36)18-7-2-3-8-19(18)37-25/h2-14,30H,1H3,(H3,31,33,34,35). The summed E-state index contributed by atoms with van der Waals surface area (Å²) < 4.78 is 33.6.